The quantitative estimate of drug-likeness (QED) is 0.577. The van der Waals surface area contributed by atoms with E-state index in [4.69, 9.17) is 4.74 Å². The molecule has 2 aromatic rings. The lowest BCUT2D eigenvalue weighted by atomic mass is 9.55. The van der Waals surface area contributed by atoms with Gasteiger partial charge in [-0.25, -0.2) is 0 Å². The number of carbonyl (C=O) groups excluding carboxylic acids is 1. The van der Waals surface area contributed by atoms with Crippen LogP contribution in [0.5, 0.6) is 5.75 Å². The smallest absolute Gasteiger partial charge is 0.139 e. The molecule has 3 heteroatoms. The van der Waals surface area contributed by atoms with Crippen molar-refractivity contribution in [2.24, 2.45) is 17.3 Å². The monoisotopic (exact) mass is 446 g/mol. The number of rotatable bonds is 6. The first kappa shape index (κ1) is 22.7. The summed E-state index contributed by atoms with van der Waals surface area (Å²) in [6.07, 6.45) is 7.36. The highest BCUT2D eigenvalue weighted by Gasteiger charge is 2.55. The molecule has 5 atom stereocenters. The zero-order valence-electron chi connectivity index (χ0n) is 20.4. The van der Waals surface area contributed by atoms with Crippen LogP contribution >= 0.6 is 0 Å². The van der Waals surface area contributed by atoms with Gasteiger partial charge in [0.2, 0.25) is 0 Å². The molecule has 0 heterocycles. The number of aliphatic hydroxyl groups is 1. The maximum atomic E-state index is 12.7. The number of hydrogen-bond donors (Lipinski definition) is 1. The summed E-state index contributed by atoms with van der Waals surface area (Å²) < 4.78 is 6.41. The molecule has 1 N–H and O–H groups in total. The molecule has 1 unspecified atom stereocenters. The first-order valence-corrected chi connectivity index (χ1v) is 13.0. The van der Waals surface area contributed by atoms with E-state index in [1.807, 2.05) is 13.0 Å². The SMILES string of the molecule is CCc1c(OCc2ccccc2)cc2c(c1CC(C)O)[C@H]1CC[C@]3(C)C(=O)CC[C@H]3[C@@H]1CC2. The van der Waals surface area contributed by atoms with Gasteiger partial charge in [-0.15, -0.1) is 0 Å². The number of hydrogen-bond acceptors (Lipinski definition) is 3. The Hall–Kier alpha value is -2.13. The molecule has 33 heavy (non-hydrogen) atoms. The Morgan fingerprint density at radius 2 is 1.91 bits per heavy atom. The van der Waals surface area contributed by atoms with Crippen LogP contribution in [0.2, 0.25) is 0 Å². The highest BCUT2D eigenvalue weighted by Crippen LogP contribution is 2.60. The summed E-state index contributed by atoms with van der Waals surface area (Å²) in [5.74, 6) is 3.12. The highest BCUT2D eigenvalue weighted by atomic mass is 16.5. The second-order valence-corrected chi connectivity index (χ2v) is 10.9. The van der Waals surface area contributed by atoms with Gasteiger partial charge in [0, 0.05) is 11.8 Å². The number of ether oxygens (including phenoxy) is 1. The Labute approximate surface area is 198 Å². The van der Waals surface area contributed by atoms with E-state index in [2.05, 4.69) is 44.2 Å². The van der Waals surface area contributed by atoms with Crippen molar-refractivity contribution in [2.75, 3.05) is 0 Å². The average Bonchev–Trinajstić information content (AvgIpc) is 3.12. The molecule has 2 saturated carbocycles. The third-order valence-electron chi connectivity index (χ3n) is 8.99. The number of ketones is 1. The lowest BCUT2D eigenvalue weighted by Crippen LogP contribution is -2.43. The topological polar surface area (TPSA) is 46.5 Å². The Balaban J connectivity index is 1.54. The molecule has 0 radical (unpaired) electrons. The second kappa shape index (κ2) is 8.91. The maximum absolute atomic E-state index is 12.7. The van der Waals surface area contributed by atoms with Gasteiger partial charge in [0.25, 0.3) is 0 Å². The summed E-state index contributed by atoms with van der Waals surface area (Å²) in [6.45, 7) is 6.91. The Kier molecular flexibility index (Phi) is 6.11. The van der Waals surface area contributed by atoms with Crippen LogP contribution in [0, 0.1) is 17.3 Å². The van der Waals surface area contributed by atoms with Gasteiger partial charge in [0.1, 0.15) is 18.1 Å². The first-order chi connectivity index (χ1) is 15.9. The molecule has 2 fully saturated rings. The van der Waals surface area contributed by atoms with Gasteiger partial charge in [-0.05, 0) is 104 Å². The predicted molar refractivity (Wildman–Crippen MR) is 132 cm³/mol. The molecular weight excluding hydrogens is 408 g/mol. The fourth-order valence-corrected chi connectivity index (χ4v) is 7.42. The van der Waals surface area contributed by atoms with Gasteiger partial charge < -0.3 is 9.84 Å². The number of Topliss-reactive ketones (excluding diaryl/α,β-unsaturated/α-hetero) is 1. The van der Waals surface area contributed by atoms with Crippen LogP contribution < -0.4 is 4.74 Å². The van der Waals surface area contributed by atoms with Crippen molar-refractivity contribution in [3.63, 3.8) is 0 Å². The normalized spacial score (nSPS) is 29.2. The largest absolute Gasteiger partial charge is 0.489 e. The Morgan fingerprint density at radius 3 is 2.64 bits per heavy atom. The molecule has 3 aliphatic carbocycles. The van der Waals surface area contributed by atoms with Gasteiger partial charge in [-0.1, -0.05) is 44.2 Å². The van der Waals surface area contributed by atoms with Gasteiger partial charge in [-0.2, -0.15) is 0 Å². The van der Waals surface area contributed by atoms with E-state index in [0.29, 0.717) is 36.6 Å². The lowest BCUT2D eigenvalue weighted by Gasteiger charge is -2.49. The van der Waals surface area contributed by atoms with E-state index < -0.39 is 0 Å². The van der Waals surface area contributed by atoms with Gasteiger partial charge in [-0.3, -0.25) is 4.79 Å². The Morgan fingerprint density at radius 1 is 1.12 bits per heavy atom. The van der Waals surface area contributed by atoms with E-state index in [9.17, 15) is 9.90 Å². The fraction of sp³-hybridized carbons (Fsp3) is 0.567. The van der Waals surface area contributed by atoms with E-state index in [1.165, 1.54) is 34.2 Å². The number of aryl methyl sites for hydroxylation is 1. The van der Waals surface area contributed by atoms with Crippen LogP contribution in [0.4, 0.5) is 0 Å². The van der Waals surface area contributed by atoms with Crippen molar-refractivity contribution in [3.8, 4) is 5.75 Å². The predicted octanol–water partition coefficient (Wildman–Crippen LogP) is 6.18. The minimum absolute atomic E-state index is 0.102. The summed E-state index contributed by atoms with van der Waals surface area (Å²) in [4.78, 5) is 12.7. The number of benzene rings is 2. The molecule has 0 bridgehead atoms. The third kappa shape index (κ3) is 3.93. The maximum Gasteiger partial charge on any atom is 0.139 e. The minimum Gasteiger partial charge on any atom is -0.489 e. The standard InChI is InChI=1S/C30H38O3/c1-4-22-25(16-19(2)31)29-21(17-27(22)33-18-20-8-6-5-7-9-20)10-11-23-24(29)14-15-30(3)26(23)12-13-28(30)32/h5-9,17,19,23-24,26,31H,4,10-16,18H2,1-3H3/t19?,23-,24+,26+,30+/m1/s1. The van der Waals surface area contributed by atoms with Crippen molar-refractivity contribution >= 4 is 5.78 Å². The first-order valence-electron chi connectivity index (χ1n) is 13.0. The molecular formula is C30H38O3. The number of fused-ring (bicyclic) bond motifs is 5. The average molecular weight is 447 g/mol. The van der Waals surface area contributed by atoms with Gasteiger partial charge in [0.15, 0.2) is 0 Å². The van der Waals surface area contributed by atoms with Crippen LogP contribution in [-0.2, 0) is 30.7 Å². The van der Waals surface area contributed by atoms with Crippen LogP contribution in [-0.4, -0.2) is 17.0 Å². The molecule has 0 saturated heterocycles. The van der Waals surface area contributed by atoms with Crippen molar-refractivity contribution in [1.82, 2.24) is 0 Å². The molecule has 3 aliphatic rings. The van der Waals surface area contributed by atoms with Crippen molar-refractivity contribution < 1.29 is 14.6 Å². The summed E-state index contributed by atoms with van der Waals surface area (Å²) in [5.41, 5.74) is 6.58. The summed E-state index contributed by atoms with van der Waals surface area (Å²) in [5, 5.41) is 10.5. The molecule has 5 rings (SSSR count). The summed E-state index contributed by atoms with van der Waals surface area (Å²) in [7, 11) is 0. The fourth-order valence-electron chi connectivity index (χ4n) is 7.42. The van der Waals surface area contributed by atoms with Crippen LogP contribution in [0.15, 0.2) is 36.4 Å². The van der Waals surface area contributed by atoms with Gasteiger partial charge >= 0.3 is 0 Å². The molecule has 0 aliphatic heterocycles. The van der Waals surface area contributed by atoms with E-state index in [-0.39, 0.29) is 11.5 Å². The van der Waals surface area contributed by atoms with Crippen LogP contribution in [0.25, 0.3) is 0 Å². The molecule has 0 spiro atoms. The zero-order chi connectivity index (χ0) is 23.2. The second-order valence-electron chi connectivity index (χ2n) is 10.9. The van der Waals surface area contributed by atoms with Crippen molar-refractivity contribution in [2.45, 2.75) is 90.8 Å². The lowest BCUT2D eigenvalue weighted by molar-refractivity contribution is -0.129. The van der Waals surface area contributed by atoms with E-state index in [1.54, 1.807) is 0 Å². The molecule has 176 valence electrons. The molecule has 0 amide bonds. The van der Waals surface area contributed by atoms with Gasteiger partial charge in [0.05, 0.1) is 6.10 Å². The zero-order valence-corrected chi connectivity index (χ0v) is 20.4. The molecule has 3 nitrogen and oxygen atoms in total. The number of carbonyl (C=O) groups is 1. The van der Waals surface area contributed by atoms with Crippen LogP contribution in [0.3, 0.4) is 0 Å². The van der Waals surface area contributed by atoms with E-state index >= 15 is 0 Å². The van der Waals surface area contributed by atoms with Crippen LogP contribution in [0.1, 0.15) is 86.6 Å². The molecule has 0 aromatic heterocycles. The Bertz CT molecular complexity index is 1020. The van der Waals surface area contributed by atoms with Crippen molar-refractivity contribution in [1.29, 1.82) is 0 Å². The number of aliphatic hydroxyl groups excluding tert-OH is 1. The molecule has 2 aromatic carbocycles. The highest BCUT2D eigenvalue weighted by molar-refractivity contribution is 5.87. The van der Waals surface area contributed by atoms with Crippen molar-refractivity contribution in [3.05, 3.63) is 64.2 Å². The van der Waals surface area contributed by atoms with E-state index in [0.717, 1.165) is 44.3 Å². The third-order valence-corrected chi connectivity index (χ3v) is 8.99. The summed E-state index contributed by atoms with van der Waals surface area (Å²) in [6, 6.07) is 12.7. The minimum atomic E-state index is -0.383. The summed E-state index contributed by atoms with van der Waals surface area (Å²) >= 11 is 0.